The van der Waals surface area contributed by atoms with E-state index < -0.39 is 0 Å². The van der Waals surface area contributed by atoms with Gasteiger partial charge in [0.05, 0.1) is 11.3 Å². The lowest BCUT2D eigenvalue weighted by Gasteiger charge is -2.09. The van der Waals surface area contributed by atoms with E-state index >= 15 is 0 Å². The number of nitrogens with zero attached hydrogens (tertiary/aromatic N) is 2. The molecule has 1 heterocycles. The number of fused-ring (bicyclic) bond motifs is 1. The fourth-order valence-electron chi connectivity index (χ4n) is 2.76. The van der Waals surface area contributed by atoms with Crippen molar-refractivity contribution in [2.75, 3.05) is 11.1 Å². The number of rotatable bonds is 5. The van der Waals surface area contributed by atoms with Crippen LogP contribution in [0.4, 0.5) is 10.1 Å². The van der Waals surface area contributed by atoms with Crippen LogP contribution in [-0.2, 0) is 4.79 Å². The van der Waals surface area contributed by atoms with E-state index in [0.717, 1.165) is 16.5 Å². The van der Waals surface area contributed by atoms with Gasteiger partial charge in [0.2, 0.25) is 5.91 Å². The first-order chi connectivity index (χ1) is 14.1. The van der Waals surface area contributed by atoms with Crippen LogP contribution in [0.1, 0.15) is 0 Å². The molecular weight excluding hydrogens is 409 g/mol. The number of hydrogen-bond acceptors (Lipinski definition) is 4. The highest BCUT2D eigenvalue weighted by Crippen LogP contribution is 2.30. The Hall–Kier alpha value is -2.96. The Balaban J connectivity index is 1.60. The van der Waals surface area contributed by atoms with Crippen LogP contribution in [0.25, 0.3) is 22.3 Å². The molecular formula is C22H15ClFN3OS. The van der Waals surface area contributed by atoms with Gasteiger partial charge in [0.25, 0.3) is 0 Å². The van der Waals surface area contributed by atoms with Gasteiger partial charge in [-0.25, -0.2) is 14.4 Å². The highest BCUT2D eigenvalue weighted by Gasteiger charge is 2.13. The van der Waals surface area contributed by atoms with Gasteiger partial charge in [0.1, 0.15) is 10.8 Å². The number of carbonyl (C=O) groups is 1. The lowest BCUT2D eigenvalue weighted by Crippen LogP contribution is -2.14. The third kappa shape index (κ3) is 4.72. The zero-order chi connectivity index (χ0) is 20.2. The van der Waals surface area contributed by atoms with Gasteiger partial charge in [-0.3, -0.25) is 4.79 Å². The Morgan fingerprint density at radius 1 is 1.00 bits per heavy atom. The predicted molar refractivity (Wildman–Crippen MR) is 116 cm³/mol. The van der Waals surface area contributed by atoms with Crippen molar-refractivity contribution in [1.29, 1.82) is 0 Å². The van der Waals surface area contributed by atoms with Crippen molar-refractivity contribution in [3.05, 3.63) is 83.6 Å². The molecule has 7 heteroatoms. The average molecular weight is 424 g/mol. The number of anilines is 1. The molecule has 1 amide bonds. The maximum Gasteiger partial charge on any atom is 0.234 e. The van der Waals surface area contributed by atoms with Crippen LogP contribution in [0.3, 0.4) is 0 Å². The minimum Gasteiger partial charge on any atom is -0.325 e. The average Bonchev–Trinajstić information content (AvgIpc) is 2.74. The summed E-state index contributed by atoms with van der Waals surface area (Å²) in [6, 6.07) is 20.7. The fourth-order valence-corrected chi connectivity index (χ4v) is 3.75. The summed E-state index contributed by atoms with van der Waals surface area (Å²) in [6.07, 6.45) is 0. The minimum absolute atomic E-state index is 0.143. The highest BCUT2D eigenvalue weighted by atomic mass is 35.5. The van der Waals surface area contributed by atoms with Crippen LogP contribution in [0.15, 0.2) is 77.8 Å². The SMILES string of the molecule is O=C(CSc1nc(-c2ccccc2)nc2ccc(Cl)cc12)Nc1ccc(F)cc1. The molecule has 0 bridgehead atoms. The number of thioether (sulfide) groups is 1. The summed E-state index contributed by atoms with van der Waals surface area (Å²) in [6.45, 7) is 0. The topological polar surface area (TPSA) is 54.9 Å². The summed E-state index contributed by atoms with van der Waals surface area (Å²) in [4.78, 5) is 21.6. The third-order valence-electron chi connectivity index (χ3n) is 4.12. The van der Waals surface area contributed by atoms with Crippen molar-refractivity contribution in [3.63, 3.8) is 0 Å². The van der Waals surface area contributed by atoms with Crippen molar-refractivity contribution in [2.45, 2.75) is 5.03 Å². The molecule has 4 aromatic rings. The Labute approximate surface area is 176 Å². The molecule has 0 atom stereocenters. The first kappa shape index (κ1) is 19.4. The molecule has 0 spiro atoms. The molecule has 0 saturated carbocycles. The summed E-state index contributed by atoms with van der Waals surface area (Å²) >= 11 is 7.46. The van der Waals surface area contributed by atoms with Crippen molar-refractivity contribution < 1.29 is 9.18 Å². The van der Waals surface area contributed by atoms with E-state index in [0.29, 0.717) is 21.6 Å². The molecule has 0 fully saturated rings. The molecule has 4 nitrogen and oxygen atoms in total. The van der Waals surface area contributed by atoms with Crippen LogP contribution < -0.4 is 5.32 Å². The molecule has 1 aromatic heterocycles. The van der Waals surface area contributed by atoms with Crippen molar-refractivity contribution in [2.24, 2.45) is 0 Å². The minimum atomic E-state index is -0.352. The Kier molecular flexibility index (Phi) is 5.74. The van der Waals surface area contributed by atoms with Crippen LogP contribution in [0.2, 0.25) is 5.02 Å². The van der Waals surface area contributed by atoms with E-state index in [1.807, 2.05) is 36.4 Å². The molecule has 29 heavy (non-hydrogen) atoms. The van der Waals surface area contributed by atoms with Gasteiger partial charge in [0, 0.05) is 21.7 Å². The molecule has 0 aliphatic rings. The molecule has 144 valence electrons. The molecule has 0 radical (unpaired) electrons. The first-order valence-corrected chi connectivity index (χ1v) is 10.2. The normalized spacial score (nSPS) is 10.8. The molecule has 1 N–H and O–H groups in total. The standard InChI is InChI=1S/C22H15ClFN3OS/c23-15-6-11-19-18(12-15)22(27-21(26-19)14-4-2-1-3-5-14)29-13-20(28)25-17-9-7-16(24)8-10-17/h1-12H,13H2,(H,25,28). The van der Waals surface area contributed by atoms with Crippen LogP contribution in [0, 0.1) is 5.82 Å². The smallest absolute Gasteiger partial charge is 0.234 e. The lowest BCUT2D eigenvalue weighted by molar-refractivity contribution is -0.113. The zero-order valence-electron chi connectivity index (χ0n) is 15.1. The molecule has 3 aromatic carbocycles. The molecule has 0 aliphatic carbocycles. The van der Waals surface area contributed by atoms with Crippen LogP contribution >= 0.6 is 23.4 Å². The summed E-state index contributed by atoms with van der Waals surface area (Å²) < 4.78 is 13.0. The molecule has 0 aliphatic heterocycles. The van der Waals surface area contributed by atoms with E-state index in [1.165, 1.54) is 36.0 Å². The van der Waals surface area contributed by atoms with Crippen LogP contribution in [0.5, 0.6) is 0 Å². The number of halogens is 2. The summed E-state index contributed by atoms with van der Waals surface area (Å²) in [5, 5.41) is 4.78. The quantitative estimate of drug-likeness (QED) is 0.324. The maximum atomic E-state index is 13.0. The van der Waals surface area contributed by atoms with Crippen molar-refractivity contribution in [1.82, 2.24) is 9.97 Å². The Morgan fingerprint density at radius 3 is 2.52 bits per heavy atom. The number of nitrogens with one attached hydrogen (secondary N) is 1. The zero-order valence-corrected chi connectivity index (χ0v) is 16.7. The van der Waals surface area contributed by atoms with Crippen LogP contribution in [-0.4, -0.2) is 21.6 Å². The summed E-state index contributed by atoms with van der Waals surface area (Å²) in [5.41, 5.74) is 2.18. The number of amides is 1. The van der Waals surface area contributed by atoms with Gasteiger partial charge in [-0.1, -0.05) is 53.7 Å². The number of carbonyl (C=O) groups excluding carboxylic acids is 1. The second-order valence-electron chi connectivity index (χ2n) is 6.22. The van der Waals surface area contributed by atoms with Gasteiger partial charge in [-0.05, 0) is 42.5 Å². The van der Waals surface area contributed by atoms with E-state index in [-0.39, 0.29) is 17.5 Å². The molecule has 0 saturated heterocycles. The largest absolute Gasteiger partial charge is 0.325 e. The van der Waals surface area contributed by atoms with Gasteiger partial charge < -0.3 is 5.32 Å². The highest BCUT2D eigenvalue weighted by molar-refractivity contribution is 8.00. The van der Waals surface area contributed by atoms with Crippen molar-refractivity contribution >= 4 is 45.9 Å². The maximum absolute atomic E-state index is 13.0. The molecule has 0 unspecified atom stereocenters. The Bertz CT molecular complexity index is 1170. The Morgan fingerprint density at radius 2 is 1.76 bits per heavy atom. The fraction of sp³-hybridized carbons (Fsp3) is 0.0455. The van der Waals surface area contributed by atoms with Gasteiger partial charge in [-0.2, -0.15) is 0 Å². The number of hydrogen-bond donors (Lipinski definition) is 1. The second kappa shape index (κ2) is 8.59. The van der Waals surface area contributed by atoms with E-state index in [2.05, 4.69) is 15.3 Å². The number of benzene rings is 3. The van der Waals surface area contributed by atoms with E-state index in [9.17, 15) is 9.18 Å². The summed E-state index contributed by atoms with van der Waals surface area (Å²) in [7, 11) is 0. The van der Waals surface area contributed by atoms with E-state index in [1.54, 1.807) is 12.1 Å². The molecule has 4 rings (SSSR count). The van der Waals surface area contributed by atoms with Gasteiger partial charge in [-0.15, -0.1) is 0 Å². The van der Waals surface area contributed by atoms with Crippen molar-refractivity contribution in [3.8, 4) is 11.4 Å². The van der Waals surface area contributed by atoms with Gasteiger partial charge in [0.15, 0.2) is 5.82 Å². The monoisotopic (exact) mass is 423 g/mol. The summed E-state index contributed by atoms with van der Waals surface area (Å²) in [5.74, 6) is 0.165. The van der Waals surface area contributed by atoms with Gasteiger partial charge >= 0.3 is 0 Å². The van der Waals surface area contributed by atoms with E-state index in [4.69, 9.17) is 11.6 Å². The first-order valence-electron chi connectivity index (χ1n) is 8.79. The lowest BCUT2D eigenvalue weighted by atomic mass is 10.2. The predicted octanol–water partition coefficient (Wildman–Crippen LogP) is 5.82. The number of aromatic nitrogens is 2. The third-order valence-corrected chi connectivity index (χ3v) is 5.35. The second-order valence-corrected chi connectivity index (χ2v) is 7.62.